The van der Waals surface area contributed by atoms with E-state index in [1.165, 1.54) is 0 Å². The van der Waals surface area contributed by atoms with Crippen molar-refractivity contribution in [2.45, 2.75) is 76.0 Å². The highest BCUT2D eigenvalue weighted by Gasteiger charge is 2.44. The summed E-state index contributed by atoms with van der Waals surface area (Å²) in [6, 6.07) is 17.6. The number of hydrogen-bond acceptors (Lipinski definition) is 5. The summed E-state index contributed by atoms with van der Waals surface area (Å²) < 4.78 is 6.01. The first kappa shape index (κ1) is 25.0. The van der Waals surface area contributed by atoms with Gasteiger partial charge >= 0.3 is 0 Å². The number of benzene rings is 2. The van der Waals surface area contributed by atoms with Crippen molar-refractivity contribution in [2.75, 3.05) is 0 Å². The number of rotatable bonds is 12. The van der Waals surface area contributed by atoms with E-state index in [4.69, 9.17) is 10.5 Å². The van der Waals surface area contributed by atoms with Gasteiger partial charge in [-0.3, -0.25) is 4.79 Å². The van der Waals surface area contributed by atoms with Crippen LogP contribution in [0.15, 0.2) is 60.7 Å². The number of aryl methyl sites for hydroxylation is 2. The Morgan fingerprint density at radius 3 is 2.00 bits per heavy atom. The molecule has 170 valence electrons. The maximum atomic E-state index is 11.5. The minimum Gasteiger partial charge on any atom is -0.391 e. The molecule has 0 heterocycles. The topological polar surface area (TPSA) is 105 Å². The van der Waals surface area contributed by atoms with Crippen LogP contribution in [-0.2, 0) is 22.4 Å². The summed E-state index contributed by atoms with van der Waals surface area (Å²) in [5.74, 6) is -1.75. The number of aliphatic hydroxyl groups excluding tert-OH is 1. The van der Waals surface area contributed by atoms with Crippen molar-refractivity contribution in [3.8, 4) is 0 Å². The number of nitrogens with two attached hydrogens (primary N) is 1. The largest absolute Gasteiger partial charge is 0.391 e. The van der Waals surface area contributed by atoms with Crippen molar-refractivity contribution >= 4 is 6.41 Å². The molecule has 0 aliphatic carbocycles. The second-order valence-electron chi connectivity index (χ2n) is 8.97. The molecule has 5 N–H and O–H groups in total. The van der Waals surface area contributed by atoms with Gasteiger partial charge in [0.05, 0.1) is 23.8 Å². The van der Waals surface area contributed by atoms with Crippen LogP contribution in [0, 0.1) is 0 Å². The van der Waals surface area contributed by atoms with Crippen LogP contribution >= 0.6 is 0 Å². The van der Waals surface area contributed by atoms with Gasteiger partial charge in [0.1, 0.15) is 0 Å². The molecule has 2 aromatic carbocycles. The van der Waals surface area contributed by atoms with Crippen molar-refractivity contribution in [3.63, 3.8) is 0 Å². The molecular formula is C25H36N2O4. The van der Waals surface area contributed by atoms with E-state index in [1.54, 1.807) is 0 Å². The van der Waals surface area contributed by atoms with Crippen LogP contribution in [-0.4, -0.2) is 46.2 Å². The number of aliphatic hydroxyl groups is 2. The van der Waals surface area contributed by atoms with Crippen molar-refractivity contribution in [3.05, 3.63) is 71.8 Å². The van der Waals surface area contributed by atoms with Gasteiger partial charge in [-0.2, -0.15) is 0 Å². The molecule has 0 aromatic heterocycles. The van der Waals surface area contributed by atoms with E-state index in [0.717, 1.165) is 11.1 Å². The smallest absolute Gasteiger partial charge is 0.207 e. The van der Waals surface area contributed by atoms with Gasteiger partial charge in [-0.25, -0.2) is 0 Å². The SMILES string of the molecule is CC(C)(C)OC(O)(CCc1ccccc1)C(N)C(NC=O)C(O)CCc1ccccc1. The minimum atomic E-state index is -1.75. The fraction of sp³-hybridized carbons (Fsp3) is 0.480. The van der Waals surface area contributed by atoms with Crippen molar-refractivity contribution in [1.82, 2.24) is 5.32 Å². The van der Waals surface area contributed by atoms with E-state index in [0.29, 0.717) is 25.7 Å². The Morgan fingerprint density at radius 1 is 1.00 bits per heavy atom. The predicted molar refractivity (Wildman–Crippen MR) is 122 cm³/mol. The second-order valence-corrected chi connectivity index (χ2v) is 8.97. The first-order valence-corrected chi connectivity index (χ1v) is 10.8. The summed E-state index contributed by atoms with van der Waals surface area (Å²) in [5.41, 5.74) is 7.90. The Hall–Kier alpha value is -2.25. The van der Waals surface area contributed by atoms with Crippen LogP contribution in [0.5, 0.6) is 0 Å². The molecule has 0 spiro atoms. The van der Waals surface area contributed by atoms with E-state index in [2.05, 4.69) is 5.32 Å². The van der Waals surface area contributed by atoms with Gasteiger partial charge in [0.15, 0.2) is 5.79 Å². The van der Waals surface area contributed by atoms with Crippen LogP contribution in [0.4, 0.5) is 0 Å². The van der Waals surface area contributed by atoms with Crippen molar-refractivity contribution in [1.29, 1.82) is 0 Å². The van der Waals surface area contributed by atoms with Crippen LogP contribution < -0.4 is 11.1 Å². The summed E-state index contributed by atoms with van der Waals surface area (Å²) >= 11 is 0. The number of ether oxygens (including phenoxy) is 1. The quantitative estimate of drug-likeness (QED) is 0.307. The second kappa shape index (κ2) is 11.4. The fourth-order valence-electron chi connectivity index (χ4n) is 3.74. The molecular weight excluding hydrogens is 392 g/mol. The first-order valence-electron chi connectivity index (χ1n) is 10.8. The normalized spacial score (nSPS) is 16.7. The van der Waals surface area contributed by atoms with E-state index < -0.39 is 29.6 Å². The van der Waals surface area contributed by atoms with Gasteiger partial charge in [-0.1, -0.05) is 60.7 Å². The van der Waals surface area contributed by atoms with Crippen LogP contribution in [0.25, 0.3) is 0 Å². The molecule has 0 radical (unpaired) electrons. The highest BCUT2D eigenvalue weighted by atomic mass is 16.6. The zero-order chi connectivity index (χ0) is 22.9. The average Bonchev–Trinajstić information content (AvgIpc) is 2.74. The number of nitrogens with one attached hydrogen (secondary N) is 1. The van der Waals surface area contributed by atoms with E-state index in [1.807, 2.05) is 81.4 Å². The molecule has 0 fully saturated rings. The molecule has 0 saturated heterocycles. The summed E-state index contributed by atoms with van der Waals surface area (Å²) in [6.45, 7) is 5.50. The van der Waals surface area contributed by atoms with Crippen molar-refractivity contribution in [2.24, 2.45) is 5.73 Å². The lowest BCUT2D eigenvalue weighted by atomic mass is 9.88. The fourth-order valence-corrected chi connectivity index (χ4v) is 3.74. The summed E-state index contributed by atoms with van der Waals surface area (Å²) in [4.78, 5) is 11.3. The maximum absolute atomic E-state index is 11.5. The summed E-state index contributed by atoms with van der Waals surface area (Å²) in [6.07, 6.45) is 1.31. The molecule has 4 unspecified atom stereocenters. The van der Waals surface area contributed by atoms with Crippen LogP contribution in [0.1, 0.15) is 44.7 Å². The third-order valence-corrected chi connectivity index (χ3v) is 5.25. The highest BCUT2D eigenvalue weighted by molar-refractivity contribution is 5.47. The lowest BCUT2D eigenvalue weighted by Crippen LogP contribution is -2.65. The van der Waals surface area contributed by atoms with Gasteiger partial charge < -0.3 is 26.0 Å². The Bertz CT molecular complexity index is 779. The minimum absolute atomic E-state index is 0.220. The highest BCUT2D eigenvalue weighted by Crippen LogP contribution is 2.28. The van der Waals surface area contributed by atoms with E-state index in [9.17, 15) is 15.0 Å². The zero-order valence-corrected chi connectivity index (χ0v) is 18.7. The number of amides is 1. The van der Waals surface area contributed by atoms with Gasteiger partial charge in [0, 0.05) is 6.42 Å². The Kier molecular flexibility index (Phi) is 9.19. The molecule has 0 aliphatic heterocycles. The van der Waals surface area contributed by atoms with Gasteiger partial charge in [-0.15, -0.1) is 0 Å². The first-order chi connectivity index (χ1) is 14.6. The van der Waals surface area contributed by atoms with Crippen molar-refractivity contribution < 1.29 is 19.7 Å². The molecule has 6 heteroatoms. The third-order valence-electron chi connectivity index (χ3n) is 5.25. The predicted octanol–water partition coefficient (Wildman–Crippen LogP) is 2.56. The molecule has 31 heavy (non-hydrogen) atoms. The number of carbonyl (C=O) groups excluding carboxylic acids is 1. The van der Waals surface area contributed by atoms with Gasteiger partial charge in [-0.05, 0) is 51.2 Å². The molecule has 1 amide bonds. The van der Waals surface area contributed by atoms with Crippen LogP contribution in [0.3, 0.4) is 0 Å². The molecule has 0 bridgehead atoms. The van der Waals surface area contributed by atoms with E-state index >= 15 is 0 Å². The monoisotopic (exact) mass is 428 g/mol. The lowest BCUT2D eigenvalue weighted by molar-refractivity contribution is -0.271. The van der Waals surface area contributed by atoms with E-state index in [-0.39, 0.29) is 6.42 Å². The lowest BCUT2D eigenvalue weighted by Gasteiger charge is -2.43. The zero-order valence-electron chi connectivity index (χ0n) is 18.7. The summed E-state index contributed by atoms with van der Waals surface area (Å²) in [7, 11) is 0. The number of hydrogen-bond donors (Lipinski definition) is 4. The number of carbonyl (C=O) groups is 1. The molecule has 0 saturated carbocycles. The Balaban J connectivity index is 2.17. The average molecular weight is 429 g/mol. The molecule has 0 aliphatic rings. The maximum Gasteiger partial charge on any atom is 0.207 e. The molecule has 2 rings (SSSR count). The third kappa shape index (κ3) is 8.07. The standard InChI is InChI=1S/C25H36N2O4/c1-24(2,3)31-25(30,17-16-20-12-8-5-9-13-20)23(26)22(27-18-28)21(29)15-14-19-10-6-4-7-11-19/h4-13,18,21-23,29-30H,14-17,26H2,1-3H3,(H,27,28). The molecule has 2 aromatic rings. The molecule has 6 nitrogen and oxygen atoms in total. The van der Waals surface area contributed by atoms with Gasteiger partial charge in [0.25, 0.3) is 0 Å². The Morgan fingerprint density at radius 2 is 1.52 bits per heavy atom. The van der Waals surface area contributed by atoms with Gasteiger partial charge in [0.2, 0.25) is 6.41 Å². The Labute approximate surface area is 185 Å². The molecule has 4 atom stereocenters. The summed E-state index contributed by atoms with van der Waals surface area (Å²) in [5, 5.41) is 25.0. The van der Waals surface area contributed by atoms with Crippen LogP contribution in [0.2, 0.25) is 0 Å².